The molecule has 0 aliphatic carbocycles. The number of aryl methyl sites for hydroxylation is 1. The minimum atomic E-state index is 0.547. The van der Waals surface area contributed by atoms with Crippen molar-refractivity contribution in [1.29, 1.82) is 0 Å². The van der Waals surface area contributed by atoms with Crippen molar-refractivity contribution in [3.63, 3.8) is 0 Å². The van der Waals surface area contributed by atoms with E-state index < -0.39 is 0 Å². The second-order valence-electron chi connectivity index (χ2n) is 4.56. The molecule has 2 rings (SSSR count). The summed E-state index contributed by atoms with van der Waals surface area (Å²) in [6.45, 7) is 5.71. The smallest absolute Gasteiger partial charge is 0.0467 e. The van der Waals surface area contributed by atoms with Gasteiger partial charge >= 0.3 is 0 Å². The second kappa shape index (κ2) is 6.22. The van der Waals surface area contributed by atoms with Gasteiger partial charge in [-0.3, -0.25) is 0 Å². The first kappa shape index (κ1) is 14.1. The first-order valence-electron chi connectivity index (χ1n) is 6.48. The van der Waals surface area contributed by atoms with Gasteiger partial charge in [-0.05, 0) is 43.7 Å². The lowest BCUT2D eigenvalue weighted by molar-refractivity contribution is 0.982. The summed E-state index contributed by atoms with van der Waals surface area (Å²) in [7, 11) is 0. The Morgan fingerprint density at radius 1 is 1.11 bits per heavy atom. The van der Waals surface area contributed by atoms with E-state index in [1.54, 1.807) is 0 Å². The van der Waals surface area contributed by atoms with Gasteiger partial charge in [-0.15, -0.1) is 0 Å². The summed E-state index contributed by atoms with van der Waals surface area (Å²) in [5.41, 5.74) is 10.6. The van der Waals surface area contributed by atoms with Crippen LogP contribution in [0.4, 0.5) is 11.4 Å². The SMILES string of the molecule is CCN(c1ccc(C)cc1)c1cc(Br)ccc1CN. The quantitative estimate of drug-likeness (QED) is 0.906. The van der Waals surface area contributed by atoms with Crippen LogP contribution in [-0.2, 0) is 6.54 Å². The Kier molecular flexibility index (Phi) is 4.61. The van der Waals surface area contributed by atoms with Crippen LogP contribution in [0, 0.1) is 6.92 Å². The van der Waals surface area contributed by atoms with Gasteiger partial charge in [0.15, 0.2) is 0 Å². The average Bonchev–Trinajstić information content (AvgIpc) is 2.42. The lowest BCUT2D eigenvalue weighted by Gasteiger charge is -2.26. The first-order chi connectivity index (χ1) is 9.15. The summed E-state index contributed by atoms with van der Waals surface area (Å²) in [6.07, 6.45) is 0. The molecular weight excluding hydrogens is 300 g/mol. The van der Waals surface area contributed by atoms with Crippen LogP contribution in [-0.4, -0.2) is 6.54 Å². The highest BCUT2D eigenvalue weighted by Crippen LogP contribution is 2.31. The second-order valence-corrected chi connectivity index (χ2v) is 5.47. The Morgan fingerprint density at radius 3 is 2.37 bits per heavy atom. The minimum absolute atomic E-state index is 0.547. The Bertz CT molecular complexity index is 549. The molecule has 2 aromatic rings. The summed E-state index contributed by atoms with van der Waals surface area (Å²) in [4.78, 5) is 2.28. The molecule has 0 spiro atoms. The topological polar surface area (TPSA) is 29.3 Å². The molecule has 2 aromatic carbocycles. The number of benzene rings is 2. The highest BCUT2D eigenvalue weighted by atomic mass is 79.9. The Morgan fingerprint density at radius 2 is 1.79 bits per heavy atom. The van der Waals surface area contributed by atoms with Crippen molar-refractivity contribution >= 4 is 27.3 Å². The molecule has 100 valence electrons. The molecule has 0 radical (unpaired) electrons. The van der Waals surface area contributed by atoms with Crippen molar-refractivity contribution in [1.82, 2.24) is 0 Å². The number of nitrogens with two attached hydrogens (primary N) is 1. The van der Waals surface area contributed by atoms with Crippen LogP contribution in [0.25, 0.3) is 0 Å². The van der Waals surface area contributed by atoms with E-state index in [1.807, 2.05) is 6.07 Å². The van der Waals surface area contributed by atoms with Crippen molar-refractivity contribution < 1.29 is 0 Å². The molecule has 0 fully saturated rings. The molecule has 0 aliphatic rings. The largest absolute Gasteiger partial charge is 0.341 e. The lowest BCUT2D eigenvalue weighted by atomic mass is 10.1. The number of anilines is 2. The molecule has 0 saturated carbocycles. The van der Waals surface area contributed by atoms with Gasteiger partial charge in [0.25, 0.3) is 0 Å². The Hall–Kier alpha value is -1.32. The van der Waals surface area contributed by atoms with Crippen LogP contribution in [0.3, 0.4) is 0 Å². The van der Waals surface area contributed by atoms with E-state index in [0.717, 1.165) is 16.6 Å². The molecule has 0 bridgehead atoms. The van der Waals surface area contributed by atoms with Gasteiger partial charge in [-0.2, -0.15) is 0 Å². The standard InChI is InChI=1S/C16H19BrN2/c1-3-19(15-8-4-12(2)5-9-15)16-10-14(17)7-6-13(16)11-18/h4-10H,3,11,18H2,1-2H3. The van der Waals surface area contributed by atoms with Crippen LogP contribution in [0.2, 0.25) is 0 Å². The molecule has 0 unspecified atom stereocenters. The third kappa shape index (κ3) is 3.17. The average molecular weight is 319 g/mol. The number of halogens is 1. The predicted molar refractivity (Wildman–Crippen MR) is 85.9 cm³/mol. The fourth-order valence-corrected chi connectivity index (χ4v) is 2.53. The summed E-state index contributed by atoms with van der Waals surface area (Å²) < 4.78 is 1.07. The molecule has 0 aromatic heterocycles. The maximum atomic E-state index is 5.85. The first-order valence-corrected chi connectivity index (χ1v) is 7.27. The molecule has 3 heteroatoms. The molecule has 2 nitrogen and oxygen atoms in total. The van der Waals surface area contributed by atoms with Gasteiger partial charge in [0.05, 0.1) is 0 Å². The van der Waals surface area contributed by atoms with Gasteiger partial charge in [0.2, 0.25) is 0 Å². The molecule has 0 amide bonds. The molecule has 2 N–H and O–H groups in total. The third-order valence-electron chi connectivity index (χ3n) is 3.22. The normalized spacial score (nSPS) is 10.5. The highest BCUT2D eigenvalue weighted by molar-refractivity contribution is 9.10. The van der Waals surface area contributed by atoms with E-state index in [1.165, 1.54) is 16.9 Å². The Labute approximate surface area is 123 Å². The zero-order chi connectivity index (χ0) is 13.8. The van der Waals surface area contributed by atoms with E-state index in [0.29, 0.717) is 6.54 Å². The lowest BCUT2D eigenvalue weighted by Crippen LogP contribution is -2.18. The van der Waals surface area contributed by atoms with Crippen LogP contribution in [0.5, 0.6) is 0 Å². The molecule has 0 saturated heterocycles. The van der Waals surface area contributed by atoms with Gasteiger partial charge in [0, 0.05) is 28.9 Å². The molecule has 0 heterocycles. The molecule has 0 aliphatic heterocycles. The maximum absolute atomic E-state index is 5.85. The minimum Gasteiger partial charge on any atom is -0.341 e. The van der Waals surface area contributed by atoms with Crippen molar-refractivity contribution in [2.75, 3.05) is 11.4 Å². The zero-order valence-electron chi connectivity index (χ0n) is 11.4. The fourth-order valence-electron chi connectivity index (χ4n) is 2.18. The number of rotatable bonds is 4. The van der Waals surface area contributed by atoms with Crippen LogP contribution in [0.15, 0.2) is 46.9 Å². The van der Waals surface area contributed by atoms with Gasteiger partial charge in [-0.1, -0.05) is 39.7 Å². The van der Waals surface area contributed by atoms with Crippen molar-refractivity contribution in [2.24, 2.45) is 5.73 Å². The number of hydrogen-bond donors (Lipinski definition) is 1. The summed E-state index contributed by atoms with van der Waals surface area (Å²) >= 11 is 3.54. The van der Waals surface area contributed by atoms with E-state index in [-0.39, 0.29) is 0 Å². The molecule has 0 atom stereocenters. The van der Waals surface area contributed by atoms with E-state index >= 15 is 0 Å². The maximum Gasteiger partial charge on any atom is 0.0467 e. The summed E-state index contributed by atoms with van der Waals surface area (Å²) in [5.74, 6) is 0. The molecular formula is C16H19BrN2. The van der Waals surface area contributed by atoms with Crippen molar-refractivity contribution in [3.05, 3.63) is 58.1 Å². The van der Waals surface area contributed by atoms with Gasteiger partial charge < -0.3 is 10.6 Å². The summed E-state index contributed by atoms with van der Waals surface area (Å²) in [6, 6.07) is 14.8. The Balaban J connectivity index is 2.47. The van der Waals surface area contributed by atoms with E-state index in [2.05, 4.69) is 71.1 Å². The predicted octanol–water partition coefficient (Wildman–Crippen LogP) is 4.37. The fraction of sp³-hybridized carbons (Fsp3) is 0.250. The number of hydrogen-bond acceptors (Lipinski definition) is 2. The monoisotopic (exact) mass is 318 g/mol. The van der Waals surface area contributed by atoms with Crippen molar-refractivity contribution in [2.45, 2.75) is 20.4 Å². The number of nitrogens with zero attached hydrogens (tertiary/aromatic N) is 1. The van der Waals surface area contributed by atoms with Gasteiger partial charge in [-0.25, -0.2) is 0 Å². The van der Waals surface area contributed by atoms with E-state index in [4.69, 9.17) is 5.73 Å². The van der Waals surface area contributed by atoms with Crippen LogP contribution < -0.4 is 10.6 Å². The van der Waals surface area contributed by atoms with Gasteiger partial charge in [0.1, 0.15) is 0 Å². The zero-order valence-corrected chi connectivity index (χ0v) is 12.9. The third-order valence-corrected chi connectivity index (χ3v) is 3.71. The van der Waals surface area contributed by atoms with Crippen LogP contribution >= 0.6 is 15.9 Å². The summed E-state index contributed by atoms with van der Waals surface area (Å²) in [5, 5.41) is 0. The van der Waals surface area contributed by atoms with Crippen LogP contribution in [0.1, 0.15) is 18.1 Å². The van der Waals surface area contributed by atoms with Crippen molar-refractivity contribution in [3.8, 4) is 0 Å². The molecule has 19 heavy (non-hydrogen) atoms. The van der Waals surface area contributed by atoms with E-state index in [9.17, 15) is 0 Å². The highest BCUT2D eigenvalue weighted by Gasteiger charge is 2.11.